The highest BCUT2D eigenvalue weighted by molar-refractivity contribution is 6.02. The maximum absolute atomic E-state index is 12.1. The molecule has 0 saturated heterocycles. The molecule has 3 aromatic rings. The van der Waals surface area contributed by atoms with E-state index in [0.29, 0.717) is 18.2 Å². The third-order valence-corrected chi connectivity index (χ3v) is 3.48. The van der Waals surface area contributed by atoms with E-state index in [0.717, 1.165) is 11.1 Å². The summed E-state index contributed by atoms with van der Waals surface area (Å²) in [5, 5.41) is 2.76. The van der Waals surface area contributed by atoms with E-state index in [9.17, 15) is 4.79 Å². The molecule has 3 rings (SSSR count). The molecule has 0 saturated carbocycles. The van der Waals surface area contributed by atoms with Gasteiger partial charge in [0.15, 0.2) is 11.6 Å². The number of nitrogens with one attached hydrogen (secondary N) is 1. The molecule has 0 atom stereocenters. The van der Waals surface area contributed by atoms with Gasteiger partial charge in [0.25, 0.3) is 0 Å². The van der Waals surface area contributed by atoms with E-state index in [1.807, 2.05) is 60.7 Å². The first-order valence-corrected chi connectivity index (χ1v) is 7.97. The fraction of sp³-hybridized carbons (Fsp3) is 0.0476. The van der Waals surface area contributed by atoms with Gasteiger partial charge in [0.05, 0.1) is 0 Å². The molecule has 0 bridgehead atoms. The van der Waals surface area contributed by atoms with Gasteiger partial charge in [-0.3, -0.25) is 4.79 Å². The van der Waals surface area contributed by atoms with Gasteiger partial charge >= 0.3 is 0 Å². The predicted molar refractivity (Wildman–Crippen MR) is 99.1 cm³/mol. The van der Waals surface area contributed by atoms with Crippen molar-refractivity contribution in [1.82, 2.24) is 4.98 Å². The molecule has 1 aromatic heterocycles. The molecule has 0 aliphatic rings. The van der Waals surface area contributed by atoms with Crippen LogP contribution in [0.25, 0.3) is 6.08 Å². The second-order valence-corrected chi connectivity index (χ2v) is 5.36. The molecule has 0 fully saturated rings. The zero-order valence-electron chi connectivity index (χ0n) is 13.6. The lowest BCUT2D eigenvalue weighted by Crippen LogP contribution is -2.11. The van der Waals surface area contributed by atoms with Gasteiger partial charge in [-0.25, -0.2) is 4.98 Å². The van der Waals surface area contributed by atoms with Gasteiger partial charge in [0, 0.05) is 12.3 Å². The lowest BCUT2D eigenvalue weighted by Gasteiger charge is -2.10. The van der Waals surface area contributed by atoms with E-state index < -0.39 is 0 Å². The molecular formula is C21H18N2O2. The van der Waals surface area contributed by atoms with Crippen LogP contribution >= 0.6 is 0 Å². The van der Waals surface area contributed by atoms with Gasteiger partial charge in [0.1, 0.15) is 6.61 Å². The molecule has 124 valence electrons. The van der Waals surface area contributed by atoms with Crippen molar-refractivity contribution in [1.29, 1.82) is 0 Å². The average Bonchev–Trinajstić information content (AvgIpc) is 2.67. The van der Waals surface area contributed by atoms with E-state index >= 15 is 0 Å². The fourth-order valence-electron chi connectivity index (χ4n) is 2.23. The Balaban J connectivity index is 1.64. The highest BCUT2D eigenvalue weighted by Crippen LogP contribution is 2.22. The number of hydrogen-bond acceptors (Lipinski definition) is 3. The van der Waals surface area contributed by atoms with Crippen molar-refractivity contribution in [2.24, 2.45) is 0 Å². The molecule has 4 heteroatoms. The zero-order chi connectivity index (χ0) is 17.3. The smallest absolute Gasteiger partial charge is 0.249 e. The number of amides is 1. The summed E-state index contributed by atoms with van der Waals surface area (Å²) in [4.78, 5) is 16.3. The summed E-state index contributed by atoms with van der Waals surface area (Å²) in [6, 6.07) is 23.0. The minimum absolute atomic E-state index is 0.257. The zero-order valence-corrected chi connectivity index (χ0v) is 13.6. The van der Waals surface area contributed by atoms with Crippen molar-refractivity contribution in [3.63, 3.8) is 0 Å². The summed E-state index contributed by atoms with van der Waals surface area (Å²) in [5.74, 6) is 0.682. The normalized spacial score (nSPS) is 10.6. The molecule has 1 N–H and O–H groups in total. The van der Waals surface area contributed by atoms with Gasteiger partial charge < -0.3 is 10.1 Å². The lowest BCUT2D eigenvalue weighted by molar-refractivity contribution is -0.111. The molecule has 1 amide bonds. The van der Waals surface area contributed by atoms with Crippen LogP contribution in [0, 0.1) is 0 Å². The van der Waals surface area contributed by atoms with Crippen LogP contribution in [0.3, 0.4) is 0 Å². The van der Waals surface area contributed by atoms with Crippen molar-refractivity contribution >= 4 is 17.8 Å². The molecule has 2 aromatic carbocycles. The maximum atomic E-state index is 12.1. The number of aromatic nitrogens is 1. The number of nitrogens with zero attached hydrogens (tertiary/aromatic N) is 1. The van der Waals surface area contributed by atoms with Crippen molar-refractivity contribution < 1.29 is 9.53 Å². The van der Waals surface area contributed by atoms with Crippen LogP contribution in [0.15, 0.2) is 85.1 Å². The Kier molecular flexibility index (Phi) is 5.56. The van der Waals surface area contributed by atoms with E-state index in [1.54, 1.807) is 24.4 Å². The van der Waals surface area contributed by atoms with Gasteiger partial charge in [-0.15, -0.1) is 0 Å². The van der Waals surface area contributed by atoms with Crippen LogP contribution in [0.2, 0.25) is 0 Å². The molecule has 25 heavy (non-hydrogen) atoms. The summed E-state index contributed by atoms with van der Waals surface area (Å²) in [6.45, 7) is 0.412. The SMILES string of the molecule is O=C(C=Cc1ccccc1)Nc1ncccc1OCc1ccccc1. The van der Waals surface area contributed by atoms with Gasteiger partial charge in [-0.2, -0.15) is 0 Å². The predicted octanol–water partition coefficient (Wildman–Crippen LogP) is 4.31. The standard InChI is InChI=1S/C21H18N2O2/c24-20(14-13-17-8-3-1-4-9-17)23-21-19(12-7-15-22-21)25-16-18-10-5-2-6-11-18/h1-15H,16H2,(H,22,23,24). The Morgan fingerprint density at radius 3 is 2.44 bits per heavy atom. The number of pyridine rings is 1. The van der Waals surface area contributed by atoms with Crippen LogP contribution in [-0.4, -0.2) is 10.9 Å². The number of carbonyl (C=O) groups is 1. The Bertz CT molecular complexity index is 846. The van der Waals surface area contributed by atoms with Crippen molar-refractivity contribution in [2.45, 2.75) is 6.61 Å². The van der Waals surface area contributed by atoms with Crippen LogP contribution in [0.1, 0.15) is 11.1 Å². The van der Waals surface area contributed by atoms with E-state index in [4.69, 9.17) is 4.74 Å². The number of ether oxygens (including phenoxy) is 1. The molecular weight excluding hydrogens is 312 g/mol. The van der Waals surface area contributed by atoms with E-state index in [2.05, 4.69) is 10.3 Å². The molecule has 0 aliphatic carbocycles. The Morgan fingerprint density at radius 1 is 0.960 bits per heavy atom. The van der Waals surface area contributed by atoms with Gasteiger partial charge in [-0.1, -0.05) is 60.7 Å². The summed E-state index contributed by atoms with van der Waals surface area (Å²) in [7, 11) is 0. The first kappa shape index (κ1) is 16.5. The fourth-order valence-corrected chi connectivity index (χ4v) is 2.23. The second-order valence-electron chi connectivity index (χ2n) is 5.36. The summed E-state index contributed by atoms with van der Waals surface area (Å²) < 4.78 is 5.79. The molecule has 0 spiro atoms. The molecule has 1 heterocycles. The third kappa shape index (κ3) is 5.04. The molecule has 0 radical (unpaired) electrons. The summed E-state index contributed by atoms with van der Waals surface area (Å²) in [5.41, 5.74) is 2.01. The van der Waals surface area contributed by atoms with E-state index in [-0.39, 0.29) is 5.91 Å². The van der Waals surface area contributed by atoms with Crippen LogP contribution in [0.5, 0.6) is 5.75 Å². The molecule has 0 unspecified atom stereocenters. The van der Waals surface area contributed by atoms with Crippen LogP contribution in [0.4, 0.5) is 5.82 Å². The number of carbonyl (C=O) groups excluding carboxylic acids is 1. The number of anilines is 1. The van der Waals surface area contributed by atoms with Gasteiger partial charge in [0.2, 0.25) is 5.91 Å². The average molecular weight is 330 g/mol. The van der Waals surface area contributed by atoms with Crippen LogP contribution in [-0.2, 0) is 11.4 Å². The van der Waals surface area contributed by atoms with Crippen molar-refractivity contribution in [3.8, 4) is 5.75 Å². The number of rotatable bonds is 6. The highest BCUT2D eigenvalue weighted by atomic mass is 16.5. The number of benzene rings is 2. The maximum Gasteiger partial charge on any atom is 0.249 e. The summed E-state index contributed by atoms with van der Waals surface area (Å²) in [6.07, 6.45) is 4.85. The lowest BCUT2D eigenvalue weighted by atomic mass is 10.2. The Morgan fingerprint density at radius 2 is 1.68 bits per heavy atom. The first-order chi connectivity index (χ1) is 12.3. The largest absolute Gasteiger partial charge is 0.485 e. The molecule has 0 aliphatic heterocycles. The quantitative estimate of drug-likeness (QED) is 0.685. The molecule has 4 nitrogen and oxygen atoms in total. The minimum Gasteiger partial charge on any atom is -0.485 e. The van der Waals surface area contributed by atoms with Crippen molar-refractivity contribution in [2.75, 3.05) is 5.32 Å². The second kappa shape index (κ2) is 8.45. The summed E-state index contributed by atoms with van der Waals surface area (Å²) >= 11 is 0. The third-order valence-electron chi connectivity index (χ3n) is 3.48. The van der Waals surface area contributed by atoms with Gasteiger partial charge in [-0.05, 0) is 29.3 Å². The Labute approximate surface area is 146 Å². The van der Waals surface area contributed by atoms with Crippen LogP contribution < -0.4 is 10.1 Å². The minimum atomic E-state index is -0.257. The van der Waals surface area contributed by atoms with E-state index in [1.165, 1.54) is 6.08 Å². The first-order valence-electron chi connectivity index (χ1n) is 7.97. The Hall–Kier alpha value is -3.40. The van der Waals surface area contributed by atoms with Crippen molar-refractivity contribution in [3.05, 3.63) is 96.2 Å². The highest BCUT2D eigenvalue weighted by Gasteiger charge is 2.07. The topological polar surface area (TPSA) is 51.2 Å². The number of hydrogen-bond donors (Lipinski definition) is 1. The monoisotopic (exact) mass is 330 g/mol.